The fourth-order valence-corrected chi connectivity index (χ4v) is 1.31. The second-order valence-electron chi connectivity index (χ2n) is 3.54. The van der Waals surface area contributed by atoms with Crippen molar-refractivity contribution in [2.75, 3.05) is 6.54 Å². The number of rotatable bonds is 4. The maximum absolute atomic E-state index is 13.5. The highest BCUT2D eigenvalue weighted by Crippen LogP contribution is 2.12. The third-order valence-electron chi connectivity index (χ3n) is 2.16. The molecule has 90 valence electrons. The number of benzene rings is 1. The molecule has 0 heterocycles. The molecule has 0 bridgehead atoms. The summed E-state index contributed by atoms with van der Waals surface area (Å²) < 4.78 is 13.5. The van der Waals surface area contributed by atoms with Crippen LogP contribution >= 0.6 is 0 Å². The summed E-state index contributed by atoms with van der Waals surface area (Å²) in [6.07, 6.45) is 0.690. The van der Waals surface area contributed by atoms with Crippen LogP contribution in [0.4, 0.5) is 4.39 Å². The molecule has 0 aliphatic rings. The Hall–Kier alpha value is -1.86. The molecular weight excluding hydrogens is 221 g/mol. The minimum absolute atomic E-state index is 0.0743. The van der Waals surface area contributed by atoms with Gasteiger partial charge in [0.2, 0.25) is 0 Å². The Kier molecular flexibility index (Phi) is 5.18. The predicted octanol–water partition coefficient (Wildman–Crippen LogP) is 1.54. The fourth-order valence-electron chi connectivity index (χ4n) is 1.31. The molecule has 0 spiro atoms. The van der Waals surface area contributed by atoms with E-state index in [1.165, 1.54) is 6.07 Å². The van der Waals surface area contributed by atoms with E-state index >= 15 is 0 Å². The number of carbonyl (C=O) groups is 1. The van der Waals surface area contributed by atoms with E-state index in [-0.39, 0.29) is 12.8 Å². The monoisotopic (exact) mass is 235 g/mol. The van der Waals surface area contributed by atoms with Gasteiger partial charge < -0.3 is 10.8 Å². The lowest BCUT2D eigenvalue weighted by molar-refractivity contribution is -0.136. The van der Waals surface area contributed by atoms with Crippen molar-refractivity contribution < 1.29 is 14.3 Å². The Morgan fingerprint density at radius 1 is 1.47 bits per heavy atom. The van der Waals surface area contributed by atoms with Crippen molar-refractivity contribution in [2.24, 2.45) is 5.73 Å². The Labute approximate surface area is 99.4 Å². The molecule has 4 heteroatoms. The zero-order chi connectivity index (χ0) is 12.7. The molecule has 0 aliphatic heterocycles. The van der Waals surface area contributed by atoms with Crippen LogP contribution in [-0.4, -0.2) is 17.6 Å². The van der Waals surface area contributed by atoms with Gasteiger partial charge in [-0.3, -0.25) is 4.79 Å². The molecule has 0 saturated carbocycles. The molecule has 0 aromatic heterocycles. The van der Waals surface area contributed by atoms with Crippen molar-refractivity contribution in [1.29, 1.82) is 0 Å². The average Bonchev–Trinajstić information content (AvgIpc) is 2.28. The number of hydrogen-bond donors (Lipinski definition) is 2. The van der Waals surface area contributed by atoms with Crippen LogP contribution < -0.4 is 5.73 Å². The molecule has 0 radical (unpaired) electrons. The van der Waals surface area contributed by atoms with Gasteiger partial charge in [0.25, 0.3) is 0 Å². The molecule has 17 heavy (non-hydrogen) atoms. The third-order valence-corrected chi connectivity index (χ3v) is 2.16. The molecule has 0 fully saturated rings. The van der Waals surface area contributed by atoms with E-state index < -0.39 is 11.8 Å². The van der Waals surface area contributed by atoms with Crippen LogP contribution in [-0.2, 0) is 11.2 Å². The highest BCUT2D eigenvalue weighted by Gasteiger charge is 2.05. The van der Waals surface area contributed by atoms with Gasteiger partial charge in [-0.25, -0.2) is 4.39 Å². The molecule has 1 aromatic rings. The Morgan fingerprint density at radius 3 is 2.82 bits per heavy atom. The maximum atomic E-state index is 13.5. The van der Waals surface area contributed by atoms with Crippen LogP contribution in [0, 0.1) is 17.7 Å². The maximum Gasteiger partial charge on any atom is 0.303 e. The highest BCUT2D eigenvalue weighted by atomic mass is 19.1. The van der Waals surface area contributed by atoms with Gasteiger partial charge in [-0.05, 0) is 24.1 Å². The number of carboxylic acids is 1. The summed E-state index contributed by atoms with van der Waals surface area (Å²) in [6.45, 7) is 0.478. The van der Waals surface area contributed by atoms with Gasteiger partial charge in [0.15, 0.2) is 0 Å². The van der Waals surface area contributed by atoms with Crippen molar-refractivity contribution in [2.45, 2.75) is 19.3 Å². The summed E-state index contributed by atoms with van der Waals surface area (Å²) in [5.74, 6) is 4.26. The number of nitrogens with two attached hydrogens (primary N) is 1. The summed E-state index contributed by atoms with van der Waals surface area (Å²) in [5, 5.41) is 8.51. The van der Waals surface area contributed by atoms with Crippen LogP contribution in [0.5, 0.6) is 0 Å². The summed E-state index contributed by atoms with van der Waals surface area (Å²) in [7, 11) is 0. The molecule has 3 nitrogen and oxygen atoms in total. The van der Waals surface area contributed by atoms with Crippen LogP contribution in [0.2, 0.25) is 0 Å². The SMILES string of the molecule is NCCC#Cc1ccc(CCC(=O)O)c(F)c1. The number of carboxylic acid groups (broad SMARTS) is 1. The summed E-state index contributed by atoms with van der Waals surface area (Å²) >= 11 is 0. The summed E-state index contributed by atoms with van der Waals surface area (Å²) in [6, 6.07) is 4.58. The molecule has 1 rings (SSSR count). The van der Waals surface area contributed by atoms with Gasteiger partial charge in [-0.15, -0.1) is 0 Å². The van der Waals surface area contributed by atoms with E-state index in [9.17, 15) is 9.18 Å². The van der Waals surface area contributed by atoms with Gasteiger partial charge in [0, 0.05) is 24.9 Å². The number of aliphatic carboxylic acids is 1. The first-order valence-electron chi connectivity index (χ1n) is 5.32. The van der Waals surface area contributed by atoms with Crippen molar-refractivity contribution in [1.82, 2.24) is 0 Å². The zero-order valence-electron chi connectivity index (χ0n) is 9.37. The van der Waals surface area contributed by atoms with E-state index in [1.54, 1.807) is 12.1 Å². The minimum atomic E-state index is -0.934. The molecule has 0 atom stereocenters. The topological polar surface area (TPSA) is 63.3 Å². The minimum Gasteiger partial charge on any atom is -0.481 e. The highest BCUT2D eigenvalue weighted by molar-refractivity contribution is 5.67. The molecule has 0 amide bonds. The number of aryl methyl sites for hydroxylation is 1. The summed E-state index contributed by atoms with van der Waals surface area (Å²) in [5.41, 5.74) is 6.26. The van der Waals surface area contributed by atoms with Crippen molar-refractivity contribution in [3.63, 3.8) is 0 Å². The van der Waals surface area contributed by atoms with Gasteiger partial charge in [-0.2, -0.15) is 0 Å². The lowest BCUT2D eigenvalue weighted by atomic mass is 10.1. The second-order valence-corrected chi connectivity index (χ2v) is 3.54. The Bertz CT molecular complexity index is 460. The van der Waals surface area contributed by atoms with E-state index in [2.05, 4.69) is 11.8 Å². The van der Waals surface area contributed by atoms with Crippen LogP contribution in [0.3, 0.4) is 0 Å². The van der Waals surface area contributed by atoms with Gasteiger partial charge in [-0.1, -0.05) is 17.9 Å². The van der Waals surface area contributed by atoms with Crippen molar-refractivity contribution in [3.05, 3.63) is 35.1 Å². The van der Waals surface area contributed by atoms with Crippen LogP contribution in [0.15, 0.2) is 18.2 Å². The normalized spacial score (nSPS) is 9.53. The zero-order valence-corrected chi connectivity index (χ0v) is 9.37. The first-order chi connectivity index (χ1) is 8.13. The smallest absolute Gasteiger partial charge is 0.303 e. The Morgan fingerprint density at radius 2 is 2.24 bits per heavy atom. The first-order valence-corrected chi connectivity index (χ1v) is 5.32. The molecule has 1 aromatic carbocycles. The number of halogens is 1. The van der Waals surface area contributed by atoms with E-state index in [4.69, 9.17) is 10.8 Å². The lowest BCUT2D eigenvalue weighted by Crippen LogP contribution is -1.99. The molecule has 0 unspecified atom stereocenters. The van der Waals surface area contributed by atoms with Gasteiger partial charge >= 0.3 is 5.97 Å². The van der Waals surface area contributed by atoms with Gasteiger partial charge in [0.05, 0.1) is 0 Å². The third kappa shape index (κ3) is 4.66. The quantitative estimate of drug-likeness (QED) is 0.778. The van der Waals surface area contributed by atoms with E-state index in [0.29, 0.717) is 24.1 Å². The summed E-state index contributed by atoms with van der Waals surface area (Å²) in [4.78, 5) is 10.4. The molecule has 0 aliphatic carbocycles. The molecular formula is C13H14FNO2. The second kappa shape index (κ2) is 6.66. The molecule has 3 N–H and O–H groups in total. The Balaban J connectivity index is 2.73. The average molecular weight is 235 g/mol. The van der Waals surface area contributed by atoms with Crippen LogP contribution in [0.25, 0.3) is 0 Å². The van der Waals surface area contributed by atoms with E-state index in [0.717, 1.165) is 0 Å². The predicted molar refractivity (Wildman–Crippen MR) is 62.9 cm³/mol. The number of hydrogen-bond acceptors (Lipinski definition) is 2. The molecule has 0 saturated heterocycles. The standard InChI is InChI=1S/C13H14FNO2/c14-12-9-10(3-1-2-8-15)4-5-11(12)6-7-13(16)17/h4-5,9H,2,6-8,15H2,(H,16,17). The lowest BCUT2D eigenvalue weighted by Gasteiger charge is -2.01. The largest absolute Gasteiger partial charge is 0.481 e. The van der Waals surface area contributed by atoms with Crippen LogP contribution in [0.1, 0.15) is 24.0 Å². The van der Waals surface area contributed by atoms with Gasteiger partial charge in [0.1, 0.15) is 5.82 Å². The van der Waals surface area contributed by atoms with Crippen molar-refractivity contribution >= 4 is 5.97 Å². The van der Waals surface area contributed by atoms with E-state index in [1.807, 2.05) is 0 Å². The first kappa shape index (κ1) is 13.2. The fraction of sp³-hybridized carbons (Fsp3) is 0.308. The van der Waals surface area contributed by atoms with Crippen molar-refractivity contribution in [3.8, 4) is 11.8 Å².